The summed E-state index contributed by atoms with van der Waals surface area (Å²) in [7, 11) is 1.51. The van der Waals surface area contributed by atoms with Crippen LogP contribution in [0.3, 0.4) is 0 Å². The number of halogens is 1. The first-order valence-electron chi connectivity index (χ1n) is 6.87. The number of esters is 1. The zero-order valence-electron chi connectivity index (χ0n) is 11.2. The van der Waals surface area contributed by atoms with E-state index in [2.05, 4.69) is 0 Å². The Labute approximate surface area is 127 Å². The summed E-state index contributed by atoms with van der Waals surface area (Å²) < 4.78 is 33.7. The Morgan fingerprint density at radius 1 is 1.29 bits per heavy atom. The number of hydrogen-bond donors (Lipinski definition) is 0. The second kappa shape index (κ2) is 5.50. The van der Waals surface area contributed by atoms with Gasteiger partial charge in [0.1, 0.15) is 24.4 Å². The molecule has 21 heavy (non-hydrogen) atoms. The zero-order valence-corrected chi connectivity index (χ0v) is 12.8. The van der Waals surface area contributed by atoms with Gasteiger partial charge in [-0.1, -0.05) is 0 Å². The predicted molar refractivity (Wildman–Crippen MR) is 76.1 cm³/mol. The number of fused-ring (bicyclic) bond motifs is 1. The van der Waals surface area contributed by atoms with Gasteiger partial charge in [0.05, 0.1) is 4.90 Å². The second-order valence-electron chi connectivity index (χ2n) is 5.34. The number of hydrogen-bond acceptors (Lipinski definition) is 5. The molecule has 1 saturated carbocycles. The average molecular weight is 331 g/mol. The summed E-state index contributed by atoms with van der Waals surface area (Å²) in [6, 6.07) is 4.28. The quantitative estimate of drug-likeness (QED) is 0.629. The van der Waals surface area contributed by atoms with Crippen LogP contribution in [0.15, 0.2) is 23.1 Å². The molecule has 1 aromatic carbocycles. The fourth-order valence-corrected chi connectivity index (χ4v) is 3.58. The molecule has 3 rings (SSSR count). The maximum absolute atomic E-state index is 12.2. The highest BCUT2D eigenvalue weighted by Crippen LogP contribution is 2.37. The standard InChI is InChI=1S/C14H15ClO5S/c15-21(17,18)10-5-6-13-11(7-10)12(8-19-13)14(16)20-9-3-1-2-4-9/h5-7,9,12H,1-4,8H2. The van der Waals surface area contributed by atoms with Crippen LogP contribution in [-0.4, -0.2) is 27.1 Å². The Hall–Kier alpha value is -1.27. The molecule has 0 saturated heterocycles. The second-order valence-corrected chi connectivity index (χ2v) is 7.91. The van der Waals surface area contributed by atoms with Crippen molar-refractivity contribution >= 4 is 25.7 Å². The molecule has 1 aliphatic carbocycles. The normalized spacial score (nSPS) is 21.9. The average Bonchev–Trinajstić information content (AvgIpc) is 3.05. The van der Waals surface area contributed by atoms with Crippen molar-refractivity contribution < 1.29 is 22.7 Å². The fourth-order valence-electron chi connectivity index (χ4n) is 2.79. The van der Waals surface area contributed by atoms with Crippen LogP contribution in [0.2, 0.25) is 0 Å². The van der Waals surface area contributed by atoms with Gasteiger partial charge in [0.25, 0.3) is 9.05 Å². The molecule has 0 spiro atoms. The Bertz CT molecular complexity index is 664. The monoisotopic (exact) mass is 330 g/mol. The van der Waals surface area contributed by atoms with E-state index in [1.807, 2.05) is 0 Å². The molecular weight excluding hydrogens is 316 g/mol. The van der Waals surface area contributed by atoms with Crippen LogP contribution < -0.4 is 4.74 Å². The SMILES string of the molecule is O=C(OC1CCCC1)C1COc2ccc(S(=O)(=O)Cl)cc21. The zero-order chi connectivity index (χ0) is 15.0. The first kappa shape index (κ1) is 14.7. The maximum Gasteiger partial charge on any atom is 0.317 e. The van der Waals surface area contributed by atoms with Gasteiger partial charge in [-0.2, -0.15) is 0 Å². The van der Waals surface area contributed by atoms with Crippen LogP contribution in [0.1, 0.15) is 37.2 Å². The first-order valence-corrected chi connectivity index (χ1v) is 9.18. The van der Waals surface area contributed by atoms with Gasteiger partial charge in [-0.15, -0.1) is 0 Å². The Morgan fingerprint density at radius 2 is 2.00 bits per heavy atom. The number of ether oxygens (including phenoxy) is 2. The first-order chi connectivity index (χ1) is 9.95. The molecule has 0 N–H and O–H groups in total. The third kappa shape index (κ3) is 3.01. The molecular formula is C14H15ClO5S. The minimum atomic E-state index is -3.83. The van der Waals surface area contributed by atoms with E-state index in [4.69, 9.17) is 20.2 Å². The van der Waals surface area contributed by atoms with Gasteiger partial charge >= 0.3 is 5.97 Å². The summed E-state index contributed by atoms with van der Waals surface area (Å²) in [5, 5.41) is 0. The molecule has 0 bridgehead atoms. The molecule has 1 aromatic rings. The summed E-state index contributed by atoms with van der Waals surface area (Å²) in [6.07, 6.45) is 3.90. The predicted octanol–water partition coefficient (Wildman–Crippen LogP) is 2.58. The van der Waals surface area contributed by atoms with Gasteiger partial charge in [0.2, 0.25) is 0 Å². The molecule has 0 aromatic heterocycles. The molecule has 0 amide bonds. The van der Waals surface area contributed by atoms with Crippen molar-refractivity contribution in [3.8, 4) is 5.75 Å². The molecule has 1 heterocycles. The minimum Gasteiger partial charge on any atom is -0.492 e. The highest BCUT2D eigenvalue weighted by molar-refractivity contribution is 8.13. The van der Waals surface area contributed by atoms with Crippen molar-refractivity contribution in [3.05, 3.63) is 23.8 Å². The van der Waals surface area contributed by atoms with E-state index >= 15 is 0 Å². The minimum absolute atomic E-state index is 0.0264. The van der Waals surface area contributed by atoms with Crippen LogP contribution in [0, 0.1) is 0 Å². The van der Waals surface area contributed by atoms with E-state index in [9.17, 15) is 13.2 Å². The molecule has 114 valence electrons. The Kier molecular flexibility index (Phi) is 3.84. The van der Waals surface area contributed by atoms with Crippen LogP contribution >= 0.6 is 10.7 Å². The van der Waals surface area contributed by atoms with E-state index in [0.29, 0.717) is 11.3 Å². The highest BCUT2D eigenvalue weighted by Gasteiger charge is 2.34. The van der Waals surface area contributed by atoms with Crippen molar-refractivity contribution in [2.75, 3.05) is 6.61 Å². The van der Waals surface area contributed by atoms with Gasteiger partial charge in [0, 0.05) is 16.2 Å². The molecule has 1 fully saturated rings. The fraction of sp³-hybridized carbons (Fsp3) is 0.500. The lowest BCUT2D eigenvalue weighted by molar-refractivity contribution is -0.150. The summed E-state index contributed by atoms with van der Waals surface area (Å²) >= 11 is 0. The van der Waals surface area contributed by atoms with Crippen LogP contribution in [0.25, 0.3) is 0 Å². The third-order valence-corrected chi connectivity index (χ3v) is 5.26. The van der Waals surface area contributed by atoms with E-state index < -0.39 is 15.0 Å². The van der Waals surface area contributed by atoms with E-state index in [0.717, 1.165) is 25.7 Å². The van der Waals surface area contributed by atoms with Crippen molar-refractivity contribution in [2.45, 2.75) is 42.6 Å². The van der Waals surface area contributed by atoms with E-state index in [1.54, 1.807) is 0 Å². The smallest absolute Gasteiger partial charge is 0.317 e. The highest BCUT2D eigenvalue weighted by atomic mass is 35.7. The molecule has 1 atom stereocenters. The van der Waals surface area contributed by atoms with E-state index in [-0.39, 0.29) is 23.6 Å². The molecule has 1 unspecified atom stereocenters. The van der Waals surface area contributed by atoms with Crippen LogP contribution in [0.4, 0.5) is 0 Å². The van der Waals surface area contributed by atoms with Gasteiger partial charge in [-0.05, 0) is 43.9 Å². The van der Waals surface area contributed by atoms with Gasteiger partial charge < -0.3 is 9.47 Å². The lowest BCUT2D eigenvalue weighted by Gasteiger charge is -2.14. The number of benzene rings is 1. The van der Waals surface area contributed by atoms with Gasteiger partial charge in [-0.25, -0.2) is 8.42 Å². The van der Waals surface area contributed by atoms with Crippen molar-refractivity contribution in [1.29, 1.82) is 0 Å². The van der Waals surface area contributed by atoms with Gasteiger partial charge in [-0.3, -0.25) is 4.79 Å². The summed E-state index contributed by atoms with van der Waals surface area (Å²) in [5.74, 6) is -0.434. The molecule has 7 heteroatoms. The number of rotatable bonds is 3. The molecule has 5 nitrogen and oxygen atoms in total. The number of carbonyl (C=O) groups is 1. The van der Waals surface area contributed by atoms with Crippen molar-refractivity contribution in [2.24, 2.45) is 0 Å². The van der Waals surface area contributed by atoms with Crippen LogP contribution in [-0.2, 0) is 18.6 Å². The maximum atomic E-state index is 12.2. The van der Waals surface area contributed by atoms with E-state index in [1.165, 1.54) is 18.2 Å². The Balaban J connectivity index is 1.83. The van der Waals surface area contributed by atoms with Crippen LogP contribution in [0.5, 0.6) is 5.75 Å². The third-order valence-electron chi connectivity index (χ3n) is 3.91. The molecule has 2 aliphatic rings. The lowest BCUT2D eigenvalue weighted by atomic mass is 10.0. The lowest BCUT2D eigenvalue weighted by Crippen LogP contribution is -2.22. The largest absolute Gasteiger partial charge is 0.492 e. The van der Waals surface area contributed by atoms with Crippen molar-refractivity contribution in [1.82, 2.24) is 0 Å². The topological polar surface area (TPSA) is 69.7 Å². The summed E-state index contributed by atoms with van der Waals surface area (Å²) in [6.45, 7) is 0.173. The summed E-state index contributed by atoms with van der Waals surface area (Å²) in [4.78, 5) is 12.2. The van der Waals surface area contributed by atoms with Gasteiger partial charge in [0.15, 0.2) is 0 Å². The number of carbonyl (C=O) groups excluding carboxylic acids is 1. The summed E-state index contributed by atoms with van der Waals surface area (Å²) in [5.41, 5.74) is 0.528. The van der Waals surface area contributed by atoms with Crippen molar-refractivity contribution in [3.63, 3.8) is 0 Å². The molecule has 0 radical (unpaired) electrons. The molecule has 1 aliphatic heterocycles. The Morgan fingerprint density at radius 3 is 2.67 bits per heavy atom.